The molecule has 0 saturated carbocycles. The lowest BCUT2D eigenvalue weighted by Gasteiger charge is -2.31. The second kappa shape index (κ2) is 11.9. The van der Waals surface area contributed by atoms with E-state index in [1.54, 1.807) is 36.3 Å². The molecule has 2 atom stereocenters. The highest BCUT2D eigenvalue weighted by Crippen LogP contribution is 2.18. The molecule has 0 unspecified atom stereocenters. The van der Waals surface area contributed by atoms with Crippen molar-refractivity contribution in [3.05, 3.63) is 60.2 Å². The highest BCUT2D eigenvalue weighted by Gasteiger charge is 2.29. The molecule has 0 heterocycles. The third kappa shape index (κ3) is 6.79. The summed E-state index contributed by atoms with van der Waals surface area (Å²) in [6.07, 6.45) is 1.35. The number of methoxy groups -OCH3 is 1. The van der Waals surface area contributed by atoms with Gasteiger partial charge in [-0.3, -0.25) is 9.59 Å². The van der Waals surface area contributed by atoms with Crippen molar-refractivity contribution in [2.24, 2.45) is 0 Å². The minimum Gasteiger partial charge on any atom is -0.497 e. The molecule has 0 saturated heterocycles. The average Bonchev–Trinajstić information content (AvgIpc) is 2.78. The van der Waals surface area contributed by atoms with E-state index in [0.29, 0.717) is 24.5 Å². The highest BCUT2D eigenvalue weighted by molar-refractivity contribution is 5.88. The first kappa shape index (κ1) is 23.3. The smallest absolute Gasteiger partial charge is 0.261 e. The zero-order valence-corrected chi connectivity index (χ0v) is 18.3. The second-order valence-corrected chi connectivity index (χ2v) is 7.21. The molecule has 0 fully saturated rings. The molecule has 162 valence electrons. The van der Waals surface area contributed by atoms with Crippen LogP contribution in [-0.4, -0.2) is 42.5 Å². The van der Waals surface area contributed by atoms with E-state index in [1.807, 2.05) is 51.1 Å². The molecule has 2 aromatic carbocycles. The van der Waals surface area contributed by atoms with Crippen molar-refractivity contribution in [2.45, 2.75) is 52.2 Å². The van der Waals surface area contributed by atoms with Crippen LogP contribution >= 0.6 is 0 Å². The van der Waals surface area contributed by atoms with Gasteiger partial charge < -0.3 is 19.7 Å². The third-order valence-electron chi connectivity index (χ3n) is 5.00. The SMILES string of the molecule is CC[C@@H](C)NC(=O)[C@@H](CC)N(Cc1ccccc1)C(=O)COc1ccc(OC)cc1. The molecule has 6 heteroatoms. The van der Waals surface area contributed by atoms with Crippen LogP contribution in [0.1, 0.15) is 39.2 Å². The monoisotopic (exact) mass is 412 g/mol. The lowest BCUT2D eigenvalue weighted by Crippen LogP contribution is -2.51. The summed E-state index contributed by atoms with van der Waals surface area (Å²) >= 11 is 0. The minimum atomic E-state index is -0.564. The average molecular weight is 413 g/mol. The number of rotatable bonds is 11. The normalized spacial score (nSPS) is 12.5. The van der Waals surface area contributed by atoms with Gasteiger partial charge in [0.1, 0.15) is 17.5 Å². The van der Waals surface area contributed by atoms with Gasteiger partial charge in [0.05, 0.1) is 7.11 Å². The number of hydrogen-bond donors (Lipinski definition) is 1. The van der Waals surface area contributed by atoms with E-state index in [-0.39, 0.29) is 24.5 Å². The number of ether oxygens (including phenoxy) is 2. The number of nitrogens with zero attached hydrogens (tertiary/aromatic N) is 1. The standard InChI is InChI=1S/C24H32N2O4/c1-5-18(3)25-24(28)22(6-2)26(16-19-10-8-7-9-11-19)23(27)17-30-21-14-12-20(29-4)13-15-21/h7-15,18,22H,5-6,16-17H2,1-4H3,(H,25,28)/t18-,22-/m1/s1. The Hall–Kier alpha value is -3.02. The molecule has 6 nitrogen and oxygen atoms in total. The van der Waals surface area contributed by atoms with Crippen molar-refractivity contribution < 1.29 is 19.1 Å². The zero-order valence-electron chi connectivity index (χ0n) is 18.3. The van der Waals surface area contributed by atoms with Crippen molar-refractivity contribution in [1.82, 2.24) is 10.2 Å². The molecule has 2 rings (SSSR count). The summed E-state index contributed by atoms with van der Waals surface area (Å²) in [5.41, 5.74) is 0.963. The summed E-state index contributed by atoms with van der Waals surface area (Å²) in [5.74, 6) is 0.912. The number of nitrogens with one attached hydrogen (secondary N) is 1. The lowest BCUT2D eigenvalue weighted by molar-refractivity contribution is -0.143. The van der Waals surface area contributed by atoms with Gasteiger partial charge in [-0.2, -0.15) is 0 Å². The van der Waals surface area contributed by atoms with Crippen LogP contribution in [0.25, 0.3) is 0 Å². The van der Waals surface area contributed by atoms with Crippen LogP contribution in [-0.2, 0) is 16.1 Å². The van der Waals surface area contributed by atoms with Crippen molar-refractivity contribution in [3.8, 4) is 11.5 Å². The number of benzene rings is 2. The Kier molecular flexibility index (Phi) is 9.19. The molecule has 0 aliphatic carbocycles. The first-order valence-corrected chi connectivity index (χ1v) is 10.4. The second-order valence-electron chi connectivity index (χ2n) is 7.21. The van der Waals surface area contributed by atoms with Gasteiger partial charge in [-0.25, -0.2) is 0 Å². The molecular formula is C24H32N2O4. The maximum absolute atomic E-state index is 13.1. The number of amides is 2. The molecule has 0 aromatic heterocycles. The molecule has 2 aromatic rings. The summed E-state index contributed by atoms with van der Waals surface area (Å²) in [5, 5.41) is 3.00. The van der Waals surface area contributed by atoms with Crippen LogP contribution in [0.4, 0.5) is 0 Å². The molecule has 30 heavy (non-hydrogen) atoms. The Labute approximate surface area is 179 Å². The van der Waals surface area contributed by atoms with Crippen LogP contribution in [0.3, 0.4) is 0 Å². The van der Waals surface area contributed by atoms with Gasteiger partial charge in [0, 0.05) is 12.6 Å². The maximum atomic E-state index is 13.1. The van der Waals surface area contributed by atoms with E-state index < -0.39 is 6.04 Å². The van der Waals surface area contributed by atoms with Crippen LogP contribution in [0, 0.1) is 0 Å². The number of carbonyl (C=O) groups excluding carboxylic acids is 2. The quantitative estimate of drug-likeness (QED) is 0.610. The fourth-order valence-electron chi connectivity index (χ4n) is 3.04. The Bertz CT molecular complexity index is 793. The zero-order chi connectivity index (χ0) is 21.9. The maximum Gasteiger partial charge on any atom is 0.261 e. The minimum absolute atomic E-state index is 0.0516. The lowest BCUT2D eigenvalue weighted by atomic mass is 10.1. The Morgan fingerprint density at radius 3 is 2.17 bits per heavy atom. The molecule has 2 amide bonds. The van der Waals surface area contributed by atoms with E-state index in [1.165, 1.54) is 0 Å². The van der Waals surface area contributed by atoms with E-state index >= 15 is 0 Å². The molecule has 1 N–H and O–H groups in total. The molecule has 0 aliphatic heterocycles. The van der Waals surface area contributed by atoms with Gasteiger partial charge in [-0.1, -0.05) is 44.2 Å². The third-order valence-corrected chi connectivity index (χ3v) is 5.00. The van der Waals surface area contributed by atoms with Crippen LogP contribution in [0.15, 0.2) is 54.6 Å². The Balaban J connectivity index is 2.15. The highest BCUT2D eigenvalue weighted by atomic mass is 16.5. The van der Waals surface area contributed by atoms with Crippen molar-refractivity contribution in [3.63, 3.8) is 0 Å². The molecule has 0 bridgehead atoms. The topological polar surface area (TPSA) is 67.9 Å². The Morgan fingerprint density at radius 2 is 1.60 bits per heavy atom. The summed E-state index contributed by atoms with van der Waals surface area (Å²) < 4.78 is 10.8. The summed E-state index contributed by atoms with van der Waals surface area (Å²) in [6.45, 7) is 6.09. The summed E-state index contributed by atoms with van der Waals surface area (Å²) in [4.78, 5) is 27.6. The molecule has 0 aliphatic rings. The predicted molar refractivity (Wildman–Crippen MR) is 117 cm³/mol. The van der Waals surface area contributed by atoms with Gasteiger partial charge in [-0.05, 0) is 49.6 Å². The van der Waals surface area contributed by atoms with Crippen molar-refractivity contribution in [2.75, 3.05) is 13.7 Å². The molecule has 0 radical (unpaired) electrons. The largest absolute Gasteiger partial charge is 0.497 e. The summed E-state index contributed by atoms with van der Waals surface area (Å²) in [7, 11) is 1.59. The van der Waals surface area contributed by atoms with Crippen molar-refractivity contribution in [1.29, 1.82) is 0 Å². The van der Waals surface area contributed by atoms with Gasteiger partial charge in [0.2, 0.25) is 5.91 Å². The predicted octanol–water partition coefficient (Wildman–Crippen LogP) is 3.80. The Morgan fingerprint density at radius 1 is 0.967 bits per heavy atom. The van der Waals surface area contributed by atoms with Gasteiger partial charge in [0.15, 0.2) is 6.61 Å². The fraction of sp³-hybridized carbons (Fsp3) is 0.417. The van der Waals surface area contributed by atoms with Crippen molar-refractivity contribution >= 4 is 11.8 Å². The van der Waals surface area contributed by atoms with Crippen LogP contribution in [0.2, 0.25) is 0 Å². The van der Waals surface area contributed by atoms with E-state index in [4.69, 9.17) is 9.47 Å². The number of carbonyl (C=O) groups is 2. The van der Waals surface area contributed by atoms with Gasteiger partial charge in [0.25, 0.3) is 5.91 Å². The molecular weight excluding hydrogens is 380 g/mol. The van der Waals surface area contributed by atoms with E-state index in [0.717, 1.165) is 12.0 Å². The van der Waals surface area contributed by atoms with Gasteiger partial charge in [-0.15, -0.1) is 0 Å². The fourth-order valence-corrected chi connectivity index (χ4v) is 3.04. The van der Waals surface area contributed by atoms with E-state index in [9.17, 15) is 9.59 Å². The first-order valence-electron chi connectivity index (χ1n) is 10.4. The van der Waals surface area contributed by atoms with Gasteiger partial charge >= 0.3 is 0 Å². The molecule has 0 spiro atoms. The van der Waals surface area contributed by atoms with E-state index in [2.05, 4.69) is 5.32 Å². The number of hydrogen-bond acceptors (Lipinski definition) is 4. The van der Waals surface area contributed by atoms with Crippen LogP contribution < -0.4 is 14.8 Å². The van der Waals surface area contributed by atoms with Crippen LogP contribution in [0.5, 0.6) is 11.5 Å². The first-order chi connectivity index (χ1) is 14.5. The summed E-state index contributed by atoms with van der Waals surface area (Å²) in [6, 6.07) is 16.2.